The van der Waals surface area contributed by atoms with Crippen molar-refractivity contribution in [2.24, 2.45) is 10.9 Å². The van der Waals surface area contributed by atoms with Crippen molar-refractivity contribution in [2.45, 2.75) is 13.0 Å². The molecule has 1 atom stereocenters. The van der Waals surface area contributed by atoms with Crippen molar-refractivity contribution in [3.8, 4) is 0 Å². The Kier molecular flexibility index (Phi) is 5.39. The first-order valence-electron chi connectivity index (χ1n) is 7.26. The number of halogens is 1. The zero-order valence-corrected chi connectivity index (χ0v) is 13.7. The maximum Gasteiger partial charge on any atom is 0.193 e. The topological polar surface area (TPSA) is 61.8 Å². The van der Waals surface area contributed by atoms with Gasteiger partial charge in [0, 0.05) is 27.2 Å². The standard InChI is InChI=1S/C15H22FN3O2S/c1-17-15(18-9-13-7-8-22(20,21)11-13)19(2)10-12-3-5-14(16)6-4-12/h3-6,13H,7-11H2,1-2H3,(H,17,18). The van der Waals surface area contributed by atoms with Crippen LogP contribution in [-0.2, 0) is 16.4 Å². The van der Waals surface area contributed by atoms with E-state index < -0.39 is 9.84 Å². The molecule has 0 spiro atoms. The largest absolute Gasteiger partial charge is 0.356 e. The molecule has 5 nitrogen and oxygen atoms in total. The minimum atomic E-state index is -2.85. The van der Waals surface area contributed by atoms with Crippen LogP contribution in [0, 0.1) is 11.7 Å². The van der Waals surface area contributed by atoms with Crippen molar-refractivity contribution >= 4 is 15.8 Å². The Morgan fingerprint density at radius 3 is 2.64 bits per heavy atom. The zero-order chi connectivity index (χ0) is 16.2. The average Bonchev–Trinajstić information content (AvgIpc) is 2.81. The molecular formula is C15H22FN3O2S. The summed E-state index contributed by atoms with van der Waals surface area (Å²) < 4.78 is 35.8. The molecular weight excluding hydrogens is 305 g/mol. The van der Waals surface area contributed by atoms with E-state index in [2.05, 4.69) is 10.3 Å². The first kappa shape index (κ1) is 16.7. The molecule has 1 aliphatic heterocycles. The first-order chi connectivity index (χ1) is 10.4. The van der Waals surface area contributed by atoms with Crippen LogP contribution in [-0.4, -0.2) is 51.4 Å². The van der Waals surface area contributed by atoms with E-state index in [4.69, 9.17) is 0 Å². The van der Waals surface area contributed by atoms with Gasteiger partial charge in [-0.15, -0.1) is 0 Å². The van der Waals surface area contributed by atoms with Gasteiger partial charge in [0.25, 0.3) is 0 Å². The van der Waals surface area contributed by atoms with Gasteiger partial charge in [0.15, 0.2) is 15.8 Å². The summed E-state index contributed by atoms with van der Waals surface area (Å²) in [7, 11) is 0.730. The molecule has 7 heteroatoms. The predicted octanol–water partition coefficient (Wildman–Crippen LogP) is 1.27. The molecule has 0 bridgehead atoms. The second-order valence-electron chi connectivity index (χ2n) is 5.68. The molecule has 1 saturated heterocycles. The summed E-state index contributed by atoms with van der Waals surface area (Å²) in [5.41, 5.74) is 0.982. The van der Waals surface area contributed by atoms with E-state index >= 15 is 0 Å². The monoisotopic (exact) mass is 327 g/mol. The highest BCUT2D eigenvalue weighted by Crippen LogP contribution is 2.17. The lowest BCUT2D eigenvalue weighted by atomic mass is 10.1. The smallest absolute Gasteiger partial charge is 0.193 e. The van der Waals surface area contributed by atoms with Crippen LogP contribution >= 0.6 is 0 Å². The van der Waals surface area contributed by atoms with Gasteiger partial charge < -0.3 is 10.2 Å². The number of benzene rings is 1. The third-order valence-corrected chi connectivity index (χ3v) is 5.62. The molecule has 0 aromatic heterocycles. The Morgan fingerprint density at radius 1 is 1.41 bits per heavy atom. The Labute approximate surface area is 131 Å². The number of hydrogen-bond acceptors (Lipinski definition) is 3. The lowest BCUT2D eigenvalue weighted by Crippen LogP contribution is -2.40. The second-order valence-corrected chi connectivity index (χ2v) is 7.91. The van der Waals surface area contributed by atoms with Crippen LogP contribution in [0.2, 0.25) is 0 Å². The van der Waals surface area contributed by atoms with E-state index in [0.29, 0.717) is 25.5 Å². The average molecular weight is 327 g/mol. The van der Waals surface area contributed by atoms with Crippen LogP contribution in [0.1, 0.15) is 12.0 Å². The maximum absolute atomic E-state index is 12.9. The first-order valence-corrected chi connectivity index (χ1v) is 9.08. The highest BCUT2D eigenvalue weighted by molar-refractivity contribution is 7.91. The van der Waals surface area contributed by atoms with E-state index in [1.807, 2.05) is 11.9 Å². The van der Waals surface area contributed by atoms with Crippen LogP contribution in [0.3, 0.4) is 0 Å². The quantitative estimate of drug-likeness (QED) is 0.668. The minimum absolute atomic E-state index is 0.140. The van der Waals surface area contributed by atoms with Gasteiger partial charge >= 0.3 is 0 Å². The van der Waals surface area contributed by atoms with Gasteiger partial charge in [-0.3, -0.25) is 4.99 Å². The van der Waals surface area contributed by atoms with Crippen LogP contribution in [0.25, 0.3) is 0 Å². The minimum Gasteiger partial charge on any atom is -0.356 e. The molecule has 1 N–H and O–H groups in total. The van der Waals surface area contributed by atoms with Gasteiger partial charge in [-0.05, 0) is 30.0 Å². The zero-order valence-electron chi connectivity index (χ0n) is 12.9. The van der Waals surface area contributed by atoms with Crippen molar-refractivity contribution in [1.29, 1.82) is 0 Å². The molecule has 0 saturated carbocycles. The van der Waals surface area contributed by atoms with Crippen molar-refractivity contribution < 1.29 is 12.8 Å². The van der Waals surface area contributed by atoms with Gasteiger partial charge in [0.1, 0.15) is 5.82 Å². The fourth-order valence-corrected chi connectivity index (χ4v) is 4.45. The fraction of sp³-hybridized carbons (Fsp3) is 0.533. The highest BCUT2D eigenvalue weighted by atomic mass is 32.2. The number of nitrogens with one attached hydrogen (secondary N) is 1. The highest BCUT2D eigenvalue weighted by Gasteiger charge is 2.27. The fourth-order valence-electron chi connectivity index (χ4n) is 2.59. The number of guanidine groups is 1. The van der Waals surface area contributed by atoms with Gasteiger partial charge in [-0.2, -0.15) is 0 Å². The van der Waals surface area contributed by atoms with E-state index in [1.165, 1.54) is 12.1 Å². The van der Waals surface area contributed by atoms with Gasteiger partial charge in [-0.1, -0.05) is 12.1 Å². The summed E-state index contributed by atoms with van der Waals surface area (Å²) in [4.78, 5) is 6.13. The predicted molar refractivity (Wildman–Crippen MR) is 86.0 cm³/mol. The molecule has 1 aromatic carbocycles. The summed E-state index contributed by atoms with van der Waals surface area (Å²) >= 11 is 0. The lowest BCUT2D eigenvalue weighted by molar-refractivity contribution is 0.463. The third-order valence-electron chi connectivity index (χ3n) is 3.78. The summed E-state index contributed by atoms with van der Waals surface area (Å²) in [6.07, 6.45) is 0.702. The van der Waals surface area contributed by atoms with Crippen LogP contribution in [0.5, 0.6) is 0 Å². The number of hydrogen-bond donors (Lipinski definition) is 1. The third kappa shape index (κ3) is 4.69. The summed E-state index contributed by atoms with van der Waals surface area (Å²) in [6, 6.07) is 6.34. The molecule has 1 heterocycles. The Hall–Kier alpha value is -1.63. The molecule has 22 heavy (non-hydrogen) atoms. The Balaban J connectivity index is 1.87. The van der Waals surface area contributed by atoms with Crippen molar-refractivity contribution in [3.63, 3.8) is 0 Å². The van der Waals surface area contributed by atoms with Gasteiger partial charge in [0.05, 0.1) is 11.5 Å². The lowest BCUT2D eigenvalue weighted by Gasteiger charge is -2.23. The van der Waals surface area contributed by atoms with E-state index in [0.717, 1.165) is 5.56 Å². The Bertz CT molecular complexity index is 629. The molecule has 2 rings (SSSR count). The number of sulfone groups is 1. The maximum atomic E-state index is 12.9. The van der Waals surface area contributed by atoms with Gasteiger partial charge in [-0.25, -0.2) is 12.8 Å². The van der Waals surface area contributed by atoms with E-state index in [-0.39, 0.29) is 23.2 Å². The molecule has 1 fully saturated rings. The van der Waals surface area contributed by atoms with Crippen molar-refractivity contribution in [2.75, 3.05) is 32.1 Å². The molecule has 0 radical (unpaired) electrons. The van der Waals surface area contributed by atoms with Gasteiger partial charge in [0.2, 0.25) is 0 Å². The summed E-state index contributed by atoms with van der Waals surface area (Å²) in [5.74, 6) is 1.12. The van der Waals surface area contributed by atoms with Crippen molar-refractivity contribution in [1.82, 2.24) is 10.2 Å². The number of nitrogens with zero attached hydrogens (tertiary/aromatic N) is 2. The molecule has 1 aromatic rings. The van der Waals surface area contributed by atoms with E-state index in [9.17, 15) is 12.8 Å². The number of rotatable bonds is 4. The van der Waals surface area contributed by atoms with Crippen LogP contribution in [0.15, 0.2) is 29.3 Å². The van der Waals surface area contributed by atoms with Crippen LogP contribution in [0.4, 0.5) is 4.39 Å². The normalized spacial score (nSPS) is 20.9. The summed E-state index contributed by atoms with van der Waals surface area (Å²) in [5, 5.41) is 3.22. The molecule has 0 amide bonds. The molecule has 1 aliphatic rings. The molecule has 122 valence electrons. The molecule has 0 aliphatic carbocycles. The Morgan fingerprint density at radius 2 is 2.09 bits per heavy atom. The van der Waals surface area contributed by atoms with Crippen LogP contribution < -0.4 is 5.32 Å². The van der Waals surface area contributed by atoms with Crippen molar-refractivity contribution in [3.05, 3.63) is 35.6 Å². The summed E-state index contributed by atoms with van der Waals surface area (Å²) in [6.45, 7) is 1.20. The second kappa shape index (κ2) is 7.09. The molecule has 1 unspecified atom stereocenters. The number of aliphatic imine (C=N–C) groups is 1. The van der Waals surface area contributed by atoms with E-state index in [1.54, 1.807) is 19.2 Å². The SMILES string of the molecule is CN=C(NCC1CCS(=O)(=O)C1)N(C)Cc1ccc(F)cc1.